The number of nitro benzene ring substituents is 2. The van der Waals surface area contributed by atoms with Crippen molar-refractivity contribution in [3.63, 3.8) is 0 Å². The Labute approximate surface area is 181 Å². The fourth-order valence-corrected chi connectivity index (χ4v) is 2.97. The van der Waals surface area contributed by atoms with Crippen molar-refractivity contribution in [2.75, 3.05) is 0 Å². The third kappa shape index (κ3) is 5.46. The number of aromatic hydroxyl groups is 2. The molecule has 12 heteroatoms. The number of nitro groups is 2. The molecule has 3 rings (SSSR count). The van der Waals surface area contributed by atoms with E-state index in [4.69, 9.17) is 14.4 Å². The zero-order chi connectivity index (χ0) is 22.9. The summed E-state index contributed by atoms with van der Waals surface area (Å²) in [5.74, 6) is -0.301. The van der Waals surface area contributed by atoms with Gasteiger partial charge in [0.25, 0.3) is 11.4 Å². The first kappa shape index (κ1) is 23.6. The number of rotatable bonds is 3. The Morgan fingerprint density at radius 1 is 0.833 bits per heavy atom. The molecule has 0 amide bonds. The van der Waals surface area contributed by atoms with Gasteiger partial charge in [-0.25, -0.2) is 0 Å². The molecule has 0 unspecified atom stereocenters. The number of nitrogens with zero attached hydrogens (tertiary/aromatic N) is 2. The van der Waals surface area contributed by atoms with Crippen molar-refractivity contribution in [1.29, 1.82) is 0 Å². The average Bonchev–Trinajstić information content (AvgIpc) is 2.81. The monoisotopic (exact) mass is 482 g/mol. The summed E-state index contributed by atoms with van der Waals surface area (Å²) < 4.78 is 12.1. The highest BCUT2D eigenvalue weighted by Gasteiger charge is 2.52. The first-order chi connectivity index (χ1) is 13.7. The van der Waals surface area contributed by atoms with E-state index in [1.54, 1.807) is 0 Å². The van der Waals surface area contributed by atoms with Crippen molar-refractivity contribution in [1.82, 2.24) is 0 Å². The minimum absolute atomic E-state index is 0.119. The Kier molecular flexibility index (Phi) is 6.75. The molecule has 0 spiro atoms. The molecule has 1 heterocycles. The normalized spacial score (nSPS) is 16.5. The van der Waals surface area contributed by atoms with Crippen LogP contribution in [0, 0.1) is 20.2 Å². The second-order valence-corrected chi connectivity index (χ2v) is 8.47. The molecule has 0 aliphatic carbocycles. The minimum Gasteiger partial charge on any atom is -0.508 e. The molecule has 1 aliphatic rings. The number of phenolic OH excluding ortho intramolecular Hbond substituents is 2. The van der Waals surface area contributed by atoms with Crippen LogP contribution in [0.1, 0.15) is 27.7 Å². The highest BCUT2D eigenvalue weighted by molar-refractivity contribution is 9.10. The summed E-state index contributed by atoms with van der Waals surface area (Å²) in [7, 11) is -0.726. The Bertz CT molecular complexity index is 946. The average molecular weight is 483 g/mol. The predicted octanol–water partition coefficient (Wildman–Crippen LogP) is 3.66. The van der Waals surface area contributed by atoms with Crippen LogP contribution in [0.15, 0.2) is 40.9 Å². The van der Waals surface area contributed by atoms with Crippen LogP contribution in [0.2, 0.25) is 0 Å². The van der Waals surface area contributed by atoms with Crippen LogP contribution < -0.4 is 5.46 Å². The molecule has 0 bridgehead atoms. The van der Waals surface area contributed by atoms with Crippen molar-refractivity contribution < 1.29 is 29.4 Å². The molecular formula is C18H20BBrN2O8. The van der Waals surface area contributed by atoms with Gasteiger partial charge < -0.3 is 19.5 Å². The maximum absolute atomic E-state index is 10.8. The lowest BCUT2D eigenvalue weighted by Crippen LogP contribution is -2.41. The quantitative estimate of drug-likeness (QED) is 0.382. The molecule has 0 radical (unpaired) electrons. The number of halogens is 1. The first-order valence-corrected chi connectivity index (χ1v) is 9.49. The smallest absolute Gasteiger partial charge is 0.495 e. The molecule has 0 saturated carbocycles. The molecule has 2 aromatic rings. The van der Waals surface area contributed by atoms with E-state index >= 15 is 0 Å². The number of hydrogen-bond donors (Lipinski definition) is 2. The lowest BCUT2D eigenvalue weighted by molar-refractivity contribution is -0.385. The van der Waals surface area contributed by atoms with Gasteiger partial charge in [0.15, 0.2) is 0 Å². The predicted molar refractivity (Wildman–Crippen MR) is 113 cm³/mol. The van der Waals surface area contributed by atoms with Crippen LogP contribution in [0.4, 0.5) is 11.4 Å². The molecule has 1 saturated heterocycles. The van der Waals surface area contributed by atoms with Crippen molar-refractivity contribution in [3.8, 4) is 11.5 Å². The highest BCUT2D eigenvalue weighted by Crippen LogP contribution is 2.37. The van der Waals surface area contributed by atoms with E-state index in [0.717, 1.165) is 12.1 Å². The topological polar surface area (TPSA) is 145 Å². The number of non-ortho nitro benzene ring substituents is 2. The molecule has 1 aliphatic heterocycles. The lowest BCUT2D eigenvalue weighted by atomic mass is 9.79. The summed E-state index contributed by atoms with van der Waals surface area (Å²) in [6.07, 6.45) is 0. The van der Waals surface area contributed by atoms with Crippen LogP contribution in [-0.2, 0) is 9.31 Å². The molecule has 0 aromatic heterocycles. The van der Waals surface area contributed by atoms with E-state index in [9.17, 15) is 25.3 Å². The number of benzene rings is 2. The molecule has 1 fully saturated rings. The van der Waals surface area contributed by atoms with Gasteiger partial charge in [-0.1, -0.05) is 15.9 Å². The van der Waals surface area contributed by atoms with Gasteiger partial charge in [0, 0.05) is 16.6 Å². The Hall–Kier alpha value is -2.70. The molecular weight excluding hydrogens is 463 g/mol. The highest BCUT2D eigenvalue weighted by atomic mass is 79.9. The maximum Gasteiger partial charge on any atom is 0.495 e. The Morgan fingerprint density at radius 3 is 1.70 bits per heavy atom. The molecule has 30 heavy (non-hydrogen) atoms. The summed E-state index contributed by atoms with van der Waals surface area (Å²) in [5.41, 5.74) is -0.942. The van der Waals surface area contributed by atoms with Gasteiger partial charge in [0.05, 0.1) is 33.2 Å². The Balaban J connectivity index is 0.000000248. The van der Waals surface area contributed by atoms with Crippen LogP contribution >= 0.6 is 15.9 Å². The number of phenols is 2. The summed E-state index contributed by atoms with van der Waals surface area (Å²) in [6.45, 7) is 7.57. The first-order valence-electron chi connectivity index (χ1n) is 8.70. The van der Waals surface area contributed by atoms with Crippen LogP contribution in [-0.4, -0.2) is 38.4 Å². The van der Waals surface area contributed by atoms with Crippen LogP contribution in [0.3, 0.4) is 0 Å². The molecule has 160 valence electrons. The fraction of sp³-hybridized carbons (Fsp3) is 0.333. The van der Waals surface area contributed by atoms with E-state index in [-0.39, 0.29) is 22.9 Å². The minimum atomic E-state index is -0.726. The lowest BCUT2D eigenvalue weighted by Gasteiger charge is -2.32. The van der Waals surface area contributed by atoms with Crippen LogP contribution in [0.5, 0.6) is 11.5 Å². The standard InChI is InChI=1S/C12H16BNO5.C6H4BrNO3/c1-11(2)12(3,4)19-13(18-11)8-5-9(14(16)17)7-10(15)6-8;7-4-1-5(8(10)11)3-6(9)2-4/h5-7,15H,1-4H3;1-3,9H. The number of hydrogen-bond acceptors (Lipinski definition) is 8. The molecule has 2 N–H and O–H groups in total. The van der Waals surface area contributed by atoms with Gasteiger partial charge in [0.1, 0.15) is 11.5 Å². The molecule has 10 nitrogen and oxygen atoms in total. The van der Waals surface area contributed by atoms with Gasteiger partial charge >= 0.3 is 7.12 Å². The zero-order valence-electron chi connectivity index (χ0n) is 16.7. The molecule has 0 atom stereocenters. The Morgan fingerprint density at radius 2 is 1.27 bits per heavy atom. The summed E-state index contributed by atoms with van der Waals surface area (Å²) >= 11 is 3.02. The van der Waals surface area contributed by atoms with Gasteiger partial charge in [-0.3, -0.25) is 20.2 Å². The second-order valence-electron chi connectivity index (χ2n) is 7.55. The third-order valence-electron chi connectivity index (χ3n) is 4.74. The second kappa shape index (κ2) is 8.58. The van der Waals surface area contributed by atoms with Crippen molar-refractivity contribution in [2.24, 2.45) is 0 Å². The SMILES string of the molecule is CC1(C)OB(c2cc(O)cc([N+](=O)[O-])c2)OC1(C)C.O=[N+]([O-])c1cc(O)cc(Br)c1. The van der Waals surface area contributed by atoms with Gasteiger partial charge in [0.2, 0.25) is 0 Å². The van der Waals surface area contributed by atoms with Gasteiger partial charge in [-0.2, -0.15) is 0 Å². The van der Waals surface area contributed by atoms with Gasteiger partial charge in [-0.15, -0.1) is 0 Å². The van der Waals surface area contributed by atoms with Crippen molar-refractivity contribution in [3.05, 3.63) is 61.1 Å². The summed E-state index contributed by atoms with van der Waals surface area (Å²) in [6, 6.07) is 7.64. The third-order valence-corrected chi connectivity index (χ3v) is 5.20. The van der Waals surface area contributed by atoms with Crippen molar-refractivity contribution >= 4 is 39.9 Å². The summed E-state index contributed by atoms with van der Waals surface area (Å²) in [4.78, 5) is 19.8. The maximum atomic E-state index is 10.8. The molecule has 2 aromatic carbocycles. The van der Waals surface area contributed by atoms with E-state index in [0.29, 0.717) is 9.94 Å². The van der Waals surface area contributed by atoms with E-state index in [1.807, 2.05) is 27.7 Å². The van der Waals surface area contributed by atoms with E-state index in [1.165, 1.54) is 24.3 Å². The summed E-state index contributed by atoms with van der Waals surface area (Å²) in [5, 5.41) is 39.4. The zero-order valence-corrected chi connectivity index (χ0v) is 18.2. The van der Waals surface area contributed by atoms with E-state index < -0.39 is 28.2 Å². The largest absolute Gasteiger partial charge is 0.508 e. The van der Waals surface area contributed by atoms with Gasteiger partial charge in [-0.05, 0) is 45.3 Å². The van der Waals surface area contributed by atoms with E-state index in [2.05, 4.69) is 15.9 Å². The fourth-order valence-electron chi connectivity index (χ4n) is 2.50. The van der Waals surface area contributed by atoms with Crippen LogP contribution in [0.25, 0.3) is 0 Å². The van der Waals surface area contributed by atoms with Crippen molar-refractivity contribution in [2.45, 2.75) is 38.9 Å².